The molecule has 0 saturated heterocycles. The number of hydrogen-bond donors (Lipinski definition) is 1. The third-order valence-electron chi connectivity index (χ3n) is 5.80. The van der Waals surface area contributed by atoms with Crippen LogP contribution in [0.2, 0.25) is 5.02 Å². The van der Waals surface area contributed by atoms with Crippen LogP contribution in [-0.4, -0.2) is 40.7 Å². The molecule has 0 fully saturated rings. The Labute approximate surface area is 185 Å². The molecule has 0 bridgehead atoms. The summed E-state index contributed by atoms with van der Waals surface area (Å²) in [5.74, 6) is -0.112. The Bertz CT molecular complexity index is 1280. The van der Waals surface area contributed by atoms with E-state index in [-0.39, 0.29) is 0 Å². The second kappa shape index (κ2) is 7.84. The summed E-state index contributed by atoms with van der Waals surface area (Å²) in [5.41, 5.74) is 5.50. The fraction of sp³-hybridized carbons (Fsp3) is 0.200. The summed E-state index contributed by atoms with van der Waals surface area (Å²) in [6, 6.07) is 13.0. The van der Waals surface area contributed by atoms with Crippen LogP contribution in [0.5, 0.6) is 5.75 Å². The third kappa shape index (κ3) is 3.60. The first kappa shape index (κ1) is 19.8. The molecule has 1 N–H and O–H groups in total. The number of carboxylic acids is 1. The monoisotopic (exact) mass is 432 g/mol. The lowest BCUT2D eigenvalue weighted by Crippen LogP contribution is -2.32. The summed E-state index contributed by atoms with van der Waals surface area (Å²) in [6.07, 6.45) is 4.15. The molecule has 3 heterocycles. The van der Waals surface area contributed by atoms with Crippen LogP contribution in [0.1, 0.15) is 34.1 Å². The standard InChI is InChI=1S/C25H21ClN2O3/c1-2-28-12-17(10-15-9-16-11-18(26)7-8-22(16)31-14-15)24-20(13-28)23(25(29)30)19-5-3-4-6-21(19)27-24/h3-11H,2,12-14H2,1H3,(H,29,30)/b17-10-. The number of carboxylic acid groups (broad SMARTS) is 1. The highest BCUT2D eigenvalue weighted by Gasteiger charge is 2.28. The average Bonchev–Trinajstić information content (AvgIpc) is 2.77. The van der Waals surface area contributed by atoms with Crippen LogP contribution in [0.15, 0.2) is 54.1 Å². The Kier molecular flexibility index (Phi) is 5.00. The Hall–Kier alpha value is -3.15. The van der Waals surface area contributed by atoms with Crippen molar-refractivity contribution in [2.24, 2.45) is 0 Å². The number of halogens is 1. The van der Waals surface area contributed by atoms with Crippen LogP contribution in [0.3, 0.4) is 0 Å². The Morgan fingerprint density at radius 3 is 2.90 bits per heavy atom. The molecule has 0 spiro atoms. The number of pyridine rings is 1. The molecule has 156 valence electrons. The van der Waals surface area contributed by atoms with Crippen molar-refractivity contribution in [1.82, 2.24) is 9.88 Å². The lowest BCUT2D eigenvalue weighted by molar-refractivity contribution is 0.0696. The summed E-state index contributed by atoms with van der Waals surface area (Å²) in [7, 11) is 0. The zero-order valence-electron chi connectivity index (χ0n) is 17.1. The number of likely N-dealkylation sites (N-methyl/N-ethyl adjacent to an activating group) is 1. The van der Waals surface area contributed by atoms with Gasteiger partial charge in [-0.25, -0.2) is 9.78 Å². The van der Waals surface area contributed by atoms with Crippen molar-refractivity contribution in [3.8, 4) is 5.75 Å². The number of rotatable bonds is 3. The van der Waals surface area contributed by atoms with Gasteiger partial charge in [0.25, 0.3) is 0 Å². The molecule has 0 aliphatic carbocycles. The molecule has 2 aliphatic heterocycles. The first-order chi connectivity index (χ1) is 15.0. The highest BCUT2D eigenvalue weighted by molar-refractivity contribution is 6.30. The fourth-order valence-corrected chi connectivity index (χ4v) is 4.50. The van der Waals surface area contributed by atoms with E-state index < -0.39 is 5.97 Å². The molecule has 0 atom stereocenters. The van der Waals surface area contributed by atoms with Gasteiger partial charge in [0, 0.05) is 34.6 Å². The number of aromatic nitrogens is 1. The summed E-state index contributed by atoms with van der Waals surface area (Å²) in [4.78, 5) is 19.4. The van der Waals surface area contributed by atoms with Gasteiger partial charge >= 0.3 is 5.97 Å². The van der Waals surface area contributed by atoms with Crippen molar-refractivity contribution in [3.05, 3.63) is 81.5 Å². The predicted octanol–water partition coefficient (Wildman–Crippen LogP) is 5.28. The number of aromatic carboxylic acids is 1. The van der Waals surface area contributed by atoms with Gasteiger partial charge in [-0.15, -0.1) is 0 Å². The molecule has 1 aromatic heterocycles. The van der Waals surface area contributed by atoms with E-state index >= 15 is 0 Å². The zero-order valence-corrected chi connectivity index (χ0v) is 17.8. The van der Waals surface area contributed by atoms with E-state index in [1.54, 1.807) is 0 Å². The number of nitrogens with zero attached hydrogens (tertiary/aromatic N) is 2. The second-order valence-corrected chi connectivity index (χ2v) is 8.24. The Balaban J connectivity index is 1.69. The van der Waals surface area contributed by atoms with Gasteiger partial charge in [-0.1, -0.05) is 36.7 Å². The van der Waals surface area contributed by atoms with Crippen LogP contribution >= 0.6 is 11.6 Å². The first-order valence-corrected chi connectivity index (χ1v) is 10.6. The molecule has 0 amide bonds. The molecule has 31 heavy (non-hydrogen) atoms. The van der Waals surface area contributed by atoms with Gasteiger partial charge in [0.05, 0.1) is 16.8 Å². The highest BCUT2D eigenvalue weighted by Crippen LogP contribution is 2.35. The highest BCUT2D eigenvalue weighted by atomic mass is 35.5. The van der Waals surface area contributed by atoms with Crippen LogP contribution < -0.4 is 4.74 Å². The van der Waals surface area contributed by atoms with Gasteiger partial charge in [0.1, 0.15) is 12.4 Å². The molecule has 5 nitrogen and oxygen atoms in total. The molecule has 2 aliphatic rings. The van der Waals surface area contributed by atoms with E-state index in [1.165, 1.54) is 0 Å². The fourth-order valence-electron chi connectivity index (χ4n) is 4.32. The van der Waals surface area contributed by atoms with Crippen LogP contribution in [0, 0.1) is 0 Å². The third-order valence-corrected chi connectivity index (χ3v) is 6.04. The maximum absolute atomic E-state index is 12.2. The van der Waals surface area contributed by atoms with E-state index in [0.29, 0.717) is 41.2 Å². The summed E-state index contributed by atoms with van der Waals surface area (Å²) < 4.78 is 5.91. The smallest absolute Gasteiger partial charge is 0.336 e. The topological polar surface area (TPSA) is 62.7 Å². The minimum Gasteiger partial charge on any atom is -0.488 e. The lowest BCUT2D eigenvalue weighted by atomic mass is 9.91. The quantitative estimate of drug-likeness (QED) is 0.610. The normalized spacial score (nSPS) is 17.1. The Morgan fingerprint density at radius 2 is 2.10 bits per heavy atom. The van der Waals surface area contributed by atoms with E-state index in [0.717, 1.165) is 40.3 Å². The second-order valence-electron chi connectivity index (χ2n) is 7.80. The van der Waals surface area contributed by atoms with Crippen molar-refractivity contribution >= 4 is 40.1 Å². The van der Waals surface area contributed by atoms with E-state index in [2.05, 4.69) is 24.0 Å². The van der Waals surface area contributed by atoms with Crippen molar-refractivity contribution in [1.29, 1.82) is 0 Å². The summed E-state index contributed by atoms with van der Waals surface area (Å²) in [5, 5.41) is 11.4. The number of benzene rings is 2. The average molecular weight is 433 g/mol. The number of carbonyl (C=O) groups is 1. The van der Waals surface area contributed by atoms with Crippen molar-refractivity contribution in [2.45, 2.75) is 13.5 Å². The molecule has 5 rings (SSSR count). The van der Waals surface area contributed by atoms with E-state index in [1.807, 2.05) is 42.5 Å². The lowest BCUT2D eigenvalue weighted by Gasteiger charge is -2.31. The molecule has 6 heteroatoms. The maximum atomic E-state index is 12.2. The predicted molar refractivity (Wildman–Crippen MR) is 123 cm³/mol. The number of para-hydroxylation sites is 1. The van der Waals surface area contributed by atoms with E-state index in [9.17, 15) is 9.90 Å². The molecule has 3 aromatic rings. The van der Waals surface area contributed by atoms with Crippen molar-refractivity contribution in [2.75, 3.05) is 19.7 Å². The molecule has 0 radical (unpaired) electrons. The van der Waals surface area contributed by atoms with Gasteiger partial charge in [-0.05, 0) is 54.1 Å². The Morgan fingerprint density at radius 1 is 1.26 bits per heavy atom. The largest absolute Gasteiger partial charge is 0.488 e. The van der Waals surface area contributed by atoms with Gasteiger partial charge in [0.2, 0.25) is 0 Å². The molecule has 0 saturated carbocycles. The molecule has 2 aromatic carbocycles. The van der Waals surface area contributed by atoms with Crippen molar-refractivity contribution < 1.29 is 14.6 Å². The molecular formula is C25H21ClN2O3. The number of hydrogen-bond acceptors (Lipinski definition) is 4. The van der Waals surface area contributed by atoms with E-state index in [4.69, 9.17) is 21.3 Å². The van der Waals surface area contributed by atoms with Gasteiger partial charge < -0.3 is 9.84 Å². The minimum absolute atomic E-state index is 0.343. The summed E-state index contributed by atoms with van der Waals surface area (Å²) in [6.45, 7) is 4.61. The number of fused-ring (bicyclic) bond motifs is 3. The van der Waals surface area contributed by atoms with Crippen molar-refractivity contribution in [3.63, 3.8) is 0 Å². The maximum Gasteiger partial charge on any atom is 0.336 e. The van der Waals surface area contributed by atoms with Crippen LogP contribution in [-0.2, 0) is 6.54 Å². The van der Waals surface area contributed by atoms with Gasteiger partial charge in [0.15, 0.2) is 0 Å². The minimum atomic E-state index is -0.920. The SMILES string of the molecule is CCN1C/C(=C/C2=Cc3cc(Cl)ccc3OC2)c2nc3ccccc3c(C(=O)O)c2C1. The van der Waals surface area contributed by atoms with Crippen LogP contribution in [0.4, 0.5) is 0 Å². The number of ether oxygens (including phenoxy) is 1. The van der Waals surface area contributed by atoms with Gasteiger partial charge in [-0.3, -0.25) is 4.90 Å². The molecular weight excluding hydrogens is 412 g/mol. The van der Waals surface area contributed by atoms with Gasteiger partial charge in [-0.2, -0.15) is 0 Å². The first-order valence-electron chi connectivity index (χ1n) is 10.2. The zero-order chi connectivity index (χ0) is 21.5. The summed E-state index contributed by atoms with van der Waals surface area (Å²) >= 11 is 6.15. The molecule has 0 unspecified atom stereocenters. The van der Waals surface area contributed by atoms with Crippen LogP contribution in [0.25, 0.3) is 22.6 Å².